The fraction of sp³-hybridized carbons (Fsp3) is 0.944. The quantitative estimate of drug-likeness (QED) is 0.782. The number of nitrogens with zero attached hydrogens (tertiary/aromatic N) is 3. The zero-order valence-corrected chi connectivity index (χ0v) is 15.5. The van der Waals surface area contributed by atoms with E-state index in [0.29, 0.717) is 17.5 Å². The van der Waals surface area contributed by atoms with Crippen LogP contribution in [0.15, 0.2) is 0 Å². The maximum atomic E-state index is 12.3. The molecule has 0 saturated carbocycles. The van der Waals surface area contributed by atoms with E-state index in [0.717, 1.165) is 19.5 Å². The molecule has 132 valence electrons. The van der Waals surface area contributed by atoms with Gasteiger partial charge in [-0.1, -0.05) is 6.92 Å². The van der Waals surface area contributed by atoms with Crippen LogP contribution in [0.25, 0.3) is 0 Å². The van der Waals surface area contributed by atoms with Crippen LogP contribution in [0.2, 0.25) is 0 Å². The van der Waals surface area contributed by atoms with E-state index in [2.05, 4.69) is 23.8 Å². The highest BCUT2D eigenvalue weighted by atomic mass is 16.6. The molecule has 5 heteroatoms. The van der Waals surface area contributed by atoms with Crippen molar-refractivity contribution in [3.8, 4) is 0 Å². The van der Waals surface area contributed by atoms with E-state index in [4.69, 9.17) is 4.74 Å². The van der Waals surface area contributed by atoms with Gasteiger partial charge in [0.25, 0.3) is 0 Å². The van der Waals surface area contributed by atoms with Crippen LogP contribution >= 0.6 is 0 Å². The molecular formula is C18H33N3O2. The molecule has 0 aromatic rings. The summed E-state index contributed by atoms with van der Waals surface area (Å²) in [4.78, 5) is 19.3. The second-order valence-corrected chi connectivity index (χ2v) is 9.24. The van der Waals surface area contributed by atoms with Gasteiger partial charge in [0.1, 0.15) is 5.60 Å². The van der Waals surface area contributed by atoms with Crippen molar-refractivity contribution in [2.24, 2.45) is 5.41 Å². The van der Waals surface area contributed by atoms with E-state index in [-0.39, 0.29) is 6.09 Å². The summed E-state index contributed by atoms with van der Waals surface area (Å²) in [6.45, 7) is 13.9. The number of amides is 1. The largest absolute Gasteiger partial charge is 0.444 e. The molecule has 23 heavy (non-hydrogen) atoms. The highest BCUT2D eigenvalue weighted by Gasteiger charge is 2.49. The lowest BCUT2D eigenvalue weighted by Gasteiger charge is -2.57. The van der Waals surface area contributed by atoms with E-state index in [9.17, 15) is 4.79 Å². The third-order valence-corrected chi connectivity index (χ3v) is 5.67. The van der Waals surface area contributed by atoms with Crippen LogP contribution in [-0.4, -0.2) is 78.2 Å². The molecule has 4 aliphatic rings. The smallest absolute Gasteiger partial charge is 0.410 e. The van der Waals surface area contributed by atoms with Crippen molar-refractivity contribution in [1.82, 2.24) is 14.7 Å². The second-order valence-electron chi connectivity index (χ2n) is 9.24. The number of ether oxygens (including phenoxy) is 1. The van der Waals surface area contributed by atoms with Crippen LogP contribution in [0.4, 0.5) is 4.79 Å². The summed E-state index contributed by atoms with van der Waals surface area (Å²) in [5, 5.41) is 0. The Morgan fingerprint density at radius 1 is 1.17 bits per heavy atom. The van der Waals surface area contributed by atoms with Gasteiger partial charge in [0.15, 0.2) is 0 Å². The van der Waals surface area contributed by atoms with Crippen LogP contribution in [0.3, 0.4) is 0 Å². The van der Waals surface area contributed by atoms with Crippen molar-refractivity contribution >= 4 is 6.09 Å². The molecule has 0 radical (unpaired) electrons. The zero-order valence-electron chi connectivity index (χ0n) is 15.5. The molecular weight excluding hydrogens is 290 g/mol. The first kappa shape index (κ1) is 17.0. The molecule has 0 aromatic heterocycles. The molecule has 4 aliphatic heterocycles. The van der Waals surface area contributed by atoms with Crippen molar-refractivity contribution in [3.63, 3.8) is 0 Å². The van der Waals surface area contributed by atoms with Crippen LogP contribution in [0.1, 0.15) is 47.0 Å². The summed E-state index contributed by atoms with van der Waals surface area (Å²) >= 11 is 0. The maximum absolute atomic E-state index is 12.3. The first-order valence-electron chi connectivity index (χ1n) is 9.07. The molecule has 4 rings (SSSR count). The number of likely N-dealkylation sites (tertiary alicyclic amines) is 1. The number of hydrogen-bond acceptors (Lipinski definition) is 4. The molecule has 5 nitrogen and oxygen atoms in total. The fourth-order valence-electron chi connectivity index (χ4n) is 4.30. The van der Waals surface area contributed by atoms with Gasteiger partial charge in [-0.15, -0.1) is 0 Å². The summed E-state index contributed by atoms with van der Waals surface area (Å²) in [6, 6.07) is 0.719. The number of rotatable bonds is 2. The third-order valence-electron chi connectivity index (χ3n) is 5.67. The maximum Gasteiger partial charge on any atom is 0.410 e. The van der Waals surface area contributed by atoms with E-state index in [1.54, 1.807) is 0 Å². The Bertz CT molecular complexity index is 440. The van der Waals surface area contributed by atoms with Crippen LogP contribution < -0.4 is 0 Å². The summed E-state index contributed by atoms with van der Waals surface area (Å²) in [6.07, 6.45) is 3.59. The minimum atomic E-state index is -0.401. The Morgan fingerprint density at radius 2 is 1.74 bits per heavy atom. The number of piperazine rings is 1. The molecule has 1 amide bonds. The van der Waals surface area contributed by atoms with Gasteiger partial charge in [-0.05, 0) is 65.6 Å². The average molecular weight is 323 g/mol. The zero-order chi connectivity index (χ0) is 16.8. The fourth-order valence-corrected chi connectivity index (χ4v) is 4.30. The lowest BCUT2D eigenvalue weighted by molar-refractivity contribution is -0.0853. The van der Waals surface area contributed by atoms with Gasteiger partial charge in [0.05, 0.1) is 12.1 Å². The number of fused-ring (bicyclic) bond motifs is 2. The monoisotopic (exact) mass is 323 g/mol. The van der Waals surface area contributed by atoms with E-state index >= 15 is 0 Å². The van der Waals surface area contributed by atoms with Crippen LogP contribution in [0.5, 0.6) is 0 Å². The predicted molar refractivity (Wildman–Crippen MR) is 91.5 cm³/mol. The summed E-state index contributed by atoms with van der Waals surface area (Å²) in [7, 11) is 2.22. The number of hydrogen-bond donors (Lipinski definition) is 0. The van der Waals surface area contributed by atoms with E-state index < -0.39 is 5.60 Å². The number of carbonyl (C=O) groups is 1. The lowest BCUT2D eigenvalue weighted by atomic mass is 9.78. The summed E-state index contributed by atoms with van der Waals surface area (Å²) in [5.41, 5.74) is 0.0370. The molecule has 0 aromatic carbocycles. The van der Waals surface area contributed by atoms with Crippen LogP contribution in [-0.2, 0) is 4.74 Å². The van der Waals surface area contributed by atoms with Crippen molar-refractivity contribution < 1.29 is 9.53 Å². The molecule has 2 bridgehead atoms. The van der Waals surface area contributed by atoms with E-state index in [1.165, 1.54) is 32.5 Å². The topological polar surface area (TPSA) is 36.0 Å². The Morgan fingerprint density at radius 3 is 2.26 bits per heavy atom. The minimum Gasteiger partial charge on any atom is -0.444 e. The van der Waals surface area contributed by atoms with Gasteiger partial charge in [-0.3, -0.25) is 9.80 Å². The highest BCUT2D eigenvalue weighted by Crippen LogP contribution is 2.37. The van der Waals surface area contributed by atoms with E-state index in [1.807, 2.05) is 25.7 Å². The van der Waals surface area contributed by atoms with Crippen LogP contribution in [0, 0.1) is 5.41 Å². The molecule has 4 heterocycles. The Balaban J connectivity index is 1.52. The normalized spacial score (nSPS) is 31.6. The van der Waals surface area contributed by atoms with Gasteiger partial charge in [0, 0.05) is 19.6 Å². The van der Waals surface area contributed by atoms with Crippen molar-refractivity contribution in [1.29, 1.82) is 0 Å². The van der Waals surface area contributed by atoms with Crippen molar-refractivity contribution in [2.75, 3.05) is 39.8 Å². The molecule has 4 saturated heterocycles. The molecule has 0 aliphatic carbocycles. The van der Waals surface area contributed by atoms with Gasteiger partial charge in [-0.25, -0.2) is 4.79 Å². The highest BCUT2D eigenvalue weighted by molar-refractivity contribution is 5.70. The molecule has 2 atom stereocenters. The van der Waals surface area contributed by atoms with Crippen molar-refractivity contribution in [2.45, 2.75) is 64.6 Å². The molecule has 4 fully saturated rings. The predicted octanol–water partition coefficient (Wildman–Crippen LogP) is 2.41. The average Bonchev–Trinajstić information content (AvgIpc) is 2.40. The standard InChI is InChI=1S/C18H33N3O2/c1-17(2,3)23-16(22)21-14-10-15(21)12-20(11-14)13-18(4)6-8-19(5)9-7-18/h14-15H,6-13H2,1-5H3. The third kappa shape index (κ3) is 3.82. The minimum absolute atomic E-state index is 0.121. The first-order valence-corrected chi connectivity index (χ1v) is 9.07. The number of carbonyl (C=O) groups excluding carboxylic acids is 1. The molecule has 0 N–H and O–H groups in total. The SMILES string of the molecule is CN1CCC(C)(CN2CC3CC(C2)N3C(=O)OC(C)(C)C)CC1. The summed E-state index contributed by atoms with van der Waals surface area (Å²) < 4.78 is 5.56. The number of piperidine rings is 2. The van der Waals surface area contributed by atoms with Gasteiger partial charge in [-0.2, -0.15) is 0 Å². The van der Waals surface area contributed by atoms with Crippen molar-refractivity contribution in [3.05, 3.63) is 0 Å². The first-order chi connectivity index (χ1) is 10.7. The Kier molecular flexibility index (Phi) is 4.38. The second kappa shape index (κ2) is 5.92. The lowest BCUT2D eigenvalue weighted by Crippen LogP contribution is -2.71. The van der Waals surface area contributed by atoms with Gasteiger partial charge < -0.3 is 9.64 Å². The molecule has 0 spiro atoms. The Labute approximate surface area is 140 Å². The molecule has 2 unspecified atom stereocenters. The van der Waals surface area contributed by atoms with Gasteiger partial charge in [0.2, 0.25) is 0 Å². The van der Waals surface area contributed by atoms with Gasteiger partial charge >= 0.3 is 6.09 Å². The summed E-state index contributed by atoms with van der Waals surface area (Å²) in [5.74, 6) is 0. The Hall–Kier alpha value is -0.810.